The predicted octanol–water partition coefficient (Wildman–Crippen LogP) is 2.90. The molecule has 86 valence electrons. The minimum atomic E-state index is -4.48. The minimum absolute atomic E-state index is 0.0313. The van der Waals surface area contributed by atoms with E-state index in [2.05, 4.69) is 9.97 Å². The maximum Gasteiger partial charge on any atom is 0.435 e. The van der Waals surface area contributed by atoms with Crippen molar-refractivity contribution in [3.63, 3.8) is 0 Å². The van der Waals surface area contributed by atoms with Crippen LogP contribution in [-0.2, 0) is 6.18 Å². The highest BCUT2D eigenvalue weighted by Gasteiger charge is 2.35. The largest absolute Gasteiger partial charge is 0.435 e. The van der Waals surface area contributed by atoms with E-state index in [0.29, 0.717) is 11.0 Å². The number of benzene rings is 1. The Balaban J connectivity index is 2.53. The SMILES string of the molecule is FC(F)(F)c1nc2ccccc2n2cncc12. The quantitative estimate of drug-likeness (QED) is 0.601. The standard InChI is InChI=1S/C11H6F3N3/c12-11(13,14)10-9-5-15-6-17(9)8-4-2-1-3-7(8)16-10/h1-6H. The Hall–Kier alpha value is -2.11. The van der Waals surface area contributed by atoms with Crippen LogP contribution in [0.1, 0.15) is 5.69 Å². The van der Waals surface area contributed by atoms with Crippen LogP contribution in [0.25, 0.3) is 16.6 Å². The second-order valence-corrected chi connectivity index (χ2v) is 3.60. The van der Waals surface area contributed by atoms with Gasteiger partial charge >= 0.3 is 6.18 Å². The zero-order valence-corrected chi connectivity index (χ0v) is 8.44. The van der Waals surface area contributed by atoms with Gasteiger partial charge in [0, 0.05) is 0 Å². The summed E-state index contributed by atoms with van der Waals surface area (Å²) in [5.41, 5.74) is -0.0387. The van der Waals surface area contributed by atoms with E-state index < -0.39 is 11.9 Å². The smallest absolute Gasteiger partial charge is 0.295 e. The van der Waals surface area contributed by atoms with E-state index in [4.69, 9.17) is 0 Å². The molecule has 0 N–H and O–H groups in total. The molecule has 0 aliphatic carbocycles. The number of halogens is 3. The second kappa shape index (κ2) is 3.19. The van der Waals surface area contributed by atoms with Gasteiger partial charge in [0.25, 0.3) is 0 Å². The maximum atomic E-state index is 12.8. The first kappa shape index (κ1) is 10.1. The van der Waals surface area contributed by atoms with Crippen LogP contribution in [-0.4, -0.2) is 14.4 Å². The third-order valence-electron chi connectivity index (χ3n) is 2.52. The molecular weight excluding hydrogens is 231 g/mol. The van der Waals surface area contributed by atoms with Gasteiger partial charge in [-0.2, -0.15) is 13.2 Å². The number of hydrogen-bond acceptors (Lipinski definition) is 2. The van der Waals surface area contributed by atoms with Crippen molar-refractivity contribution in [2.45, 2.75) is 6.18 Å². The predicted molar refractivity (Wildman–Crippen MR) is 55.5 cm³/mol. The fraction of sp³-hybridized carbons (Fsp3) is 0.0909. The lowest BCUT2D eigenvalue weighted by molar-refractivity contribution is -0.139. The van der Waals surface area contributed by atoms with Crippen LogP contribution in [0.4, 0.5) is 13.2 Å². The van der Waals surface area contributed by atoms with Gasteiger partial charge < -0.3 is 0 Å². The number of nitrogens with zero attached hydrogens (tertiary/aromatic N) is 3. The van der Waals surface area contributed by atoms with Gasteiger partial charge in [0.05, 0.1) is 29.1 Å². The Kier molecular flexibility index (Phi) is 1.89. The molecule has 0 atom stereocenters. The molecule has 0 amide bonds. The summed E-state index contributed by atoms with van der Waals surface area (Å²) in [7, 11) is 0. The van der Waals surface area contributed by atoms with Crippen molar-refractivity contribution in [2.24, 2.45) is 0 Å². The van der Waals surface area contributed by atoms with Crippen molar-refractivity contribution in [1.82, 2.24) is 14.4 Å². The molecule has 3 rings (SSSR count). The molecule has 0 spiro atoms. The molecule has 1 aromatic carbocycles. The summed E-state index contributed by atoms with van der Waals surface area (Å²) in [5.74, 6) is 0. The number of hydrogen-bond donors (Lipinski definition) is 0. The lowest BCUT2D eigenvalue weighted by Gasteiger charge is -2.09. The first-order valence-electron chi connectivity index (χ1n) is 4.85. The van der Waals surface area contributed by atoms with Crippen molar-refractivity contribution >= 4 is 16.6 Å². The molecule has 0 unspecified atom stereocenters. The van der Waals surface area contributed by atoms with Gasteiger partial charge in [-0.15, -0.1) is 0 Å². The van der Waals surface area contributed by atoms with Crippen LogP contribution >= 0.6 is 0 Å². The summed E-state index contributed by atoms with van der Waals surface area (Å²) < 4.78 is 39.9. The third-order valence-corrected chi connectivity index (χ3v) is 2.52. The number of fused-ring (bicyclic) bond motifs is 3. The van der Waals surface area contributed by atoms with Gasteiger partial charge in [-0.1, -0.05) is 12.1 Å². The highest BCUT2D eigenvalue weighted by Crippen LogP contribution is 2.32. The molecule has 6 heteroatoms. The average molecular weight is 237 g/mol. The fourth-order valence-electron chi connectivity index (χ4n) is 1.81. The molecule has 0 aliphatic heterocycles. The van der Waals surface area contributed by atoms with E-state index in [1.54, 1.807) is 24.3 Å². The van der Waals surface area contributed by atoms with Crippen LogP contribution < -0.4 is 0 Å². The van der Waals surface area contributed by atoms with Gasteiger partial charge in [-0.05, 0) is 12.1 Å². The molecule has 0 fully saturated rings. The highest BCUT2D eigenvalue weighted by atomic mass is 19.4. The molecule has 0 aliphatic rings. The first-order chi connectivity index (χ1) is 8.07. The summed E-state index contributed by atoms with van der Waals surface area (Å²) in [6.07, 6.45) is -1.96. The Morgan fingerprint density at radius 1 is 1.06 bits per heavy atom. The van der Waals surface area contributed by atoms with E-state index in [0.717, 1.165) is 0 Å². The molecule has 0 radical (unpaired) electrons. The molecule has 17 heavy (non-hydrogen) atoms. The van der Waals surface area contributed by atoms with Crippen LogP contribution in [0.5, 0.6) is 0 Å². The number of alkyl halides is 3. The highest BCUT2D eigenvalue weighted by molar-refractivity contribution is 5.79. The summed E-state index contributed by atoms with van der Waals surface area (Å²) in [5, 5.41) is 0. The molecule has 2 heterocycles. The lowest BCUT2D eigenvalue weighted by atomic mass is 10.2. The zero-order chi connectivity index (χ0) is 12.0. The summed E-state index contributed by atoms with van der Waals surface area (Å²) in [6, 6.07) is 6.65. The maximum absolute atomic E-state index is 12.8. The van der Waals surface area contributed by atoms with E-state index in [9.17, 15) is 13.2 Å². The molecule has 3 aromatic rings. The van der Waals surface area contributed by atoms with Crippen molar-refractivity contribution < 1.29 is 13.2 Å². The number of rotatable bonds is 0. The summed E-state index contributed by atoms with van der Waals surface area (Å²) >= 11 is 0. The Morgan fingerprint density at radius 2 is 1.82 bits per heavy atom. The van der Waals surface area contributed by atoms with Crippen molar-refractivity contribution in [2.75, 3.05) is 0 Å². The van der Waals surface area contributed by atoms with E-state index >= 15 is 0 Å². The Bertz CT molecular complexity index is 700. The minimum Gasteiger partial charge on any atom is -0.295 e. The Labute approximate surface area is 93.5 Å². The van der Waals surface area contributed by atoms with Gasteiger partial charge in [0.2, 0.25) is 0 Å². The zero-order valence-electron chi connectivity index (χ0n) is 8.44. The van der Waals surface area contributed by atoms with Crippen LogP contribution in [0.2, 0.25) is 0 Å². The van der Waals surface area contributed by atoms with Crippen LogP contribution in [0, 0.1) is 0 Å². The molecule has 0 saturated heterocycles. The van der Waals surface area contributed by atoms with Gasteiger partial charge in [0.1, 0.15) is 0 Å². The molecule has 0 bridgehead atoms. The van der Waals surface area contributed by atoms with Crippen LogP contribution in [0.15, 0.2) is 36.8 Å². The molecule has 3 nitrogen and oxygen atoms in total. The number of aromatic nitrogens is 3. The number of imidazole rings is 1. The van der Waals surface area contributed by atoms with E-state index in [1.165, 1.54) is 16.9 Å². The Morgan fingerprint density at radius 3 is 2.59 bits per heavy atom. The third kappa shape index (κ3) is 1.44. The topological polar surface area (TPSA) is 30.2 Å². The van der Waals surface area contributed by atoms with Crippen LogP contribution in [0.3, 0.4) is 0 Å². The monoisotopic (exact) mass is 237 g/mol. The van der Waals surface area contributed by atoms with Gasteiger partial charge in [0.15, 0.2) is 5.69 Å². The summed E-state index contributed by atoms with van der Waals surface area (Å²) in [6.45, 7) is 0. The van der Waals surface area contributed by atoms with Crippen molar-refractivity contribution in [3.05, 3.63) is 42.5 Å². The second-order valence-electron chi connectivity index (χ2n) is 3.60. The first-order valence-corrected chi connectivity index (χ1v) is 4.85. The molecular formula is C11H6F3N3. The molecule has 0 saturated carbocycles. The summed E-state index contributed by atoms with van der Waals surface area (Å²) in [4.78, 5) is 7.41. The lowest BCUT2D eigenvalue weighted by Crippen LogP contribution is -2.10. The normalized spacial score (nSPS) is 12.4. The van der Waals surface area contributed by atoms with Crippen molar-refractivity contribution in [3.8, 4) is 0 Å². The van der Waals surface area contributed by atoms with E-state index in [-0.39, 0.29) is 5.52 Å². The average Bonchev–Trinajstić information content (AvgIpc) is 2.75. The van der Waals surface area contributed by atoms with Gasteiger partial charge in [-0.25, -0.2) is 9.97 Å². The van der Waals surface area contributed by atoms with Gasteiger partial charge in [-0.3, -0.25) is 4.40 Å². The fourth-order valence-corrected chi connectivity index (χ4v) is 1.81. The van der Waals surface area contributed by atoms with Crippen molar-refractivity contribution in [1.29, 1.82) is 0 Å². The molecule has 2 aromatic heterocycles. The number of para-hydroxylation sites is 2. The van der Waals surface area contributed by atoms with E-state index in [1.807, 2.05) is 0 Å².